The van der Waals surface area contributed by atoms with Crippen molar-refractivity contribution in [3.63, 3.8) is 0 Å². The molecule has 0 atom stereocenters. The zero-order valence-corrected chi connectivity index (χ0v) is 25.3. The SMILES string of the molecule is CCCCCCCC1CCC(C2CCC(CCc3ccc(OCC4CCC(CC)CC4)c(F)c3F)CC2)CC1. The van der Waals surface area contributed by atoms with E-state index < -0.39 is 11.6 Å². The molecule has 3 heteroatoms. The van der Waals surface area contributed by atoms with Crippen LogP contribution in [-0.2, 0) is 6.42 Å². The van der Waals surface area contributed by atoms with Crippen molar-refractivity contribution in [2.45, 2.75) is 149 Å². The molecule has 0 N–H and O–H groups in total. The Kier molecular flexibility index (Phi) is 12.9. The quantitative estimate of drug-likeness (QED) is 0.212. The molecule has 0 unspecified atom stereocenters. The fourth-order valence-electron chi connectivity index (χ4n) is 8.18. The predicted octanol–water partition coefficient (Wildman–Crippen LogP) is 11.5. The largest absolute Gasteiger partial charge is 0.490 e. The van der Waals surface area contributed by atoms with Gasteiger partial charge in [-0.15, -0.1) is 0 Å². The summed E-state index contributed by atoms with van der Waals surface area (Å²) < 4.78 is 35.5. The summed E-state index contributed by atoms with van der Waals surface area (Å²) in [5.74, 6) is 3.45. The van der Waals surface area contributed by atoms with E-state index in [1.165, 1.54) is 109 Å². The highest BCUT2D eigenvalue weighted by Gasteiger charge is 2.31. The molecule has 0 radical (unpaired) electrons. The number of ether oxygens (including phenoxy) is 1. The zero-order chi connectivity index (χ0) is 27.5. The molecular formula is C36H58F2O. The van der Waals surface area contributed by atoms with E-state index >= 15 is 0 Å². The molecule has 0 spiro atoms. The van der Waals surface area contributed by atoms with Gasteiger partial charge < -0.3 is 4.74 Å². The van der Waals surface area contributed by atoms with Gasteiger partial charge >= 0.3 is 0 Å². The summed E-state index contributed by atoms with van der Waals surface area (Å²) in [4.78, 5) is 0. The van der Waals surface area contributed by atoms with Gasteiger partial charge in [0.2, 0.25) is 5.82 Å². The van der Waals surface area contributed by atoms with Crippen molar-refractivity contribution in [3.8, 4) is 5.75 Å². The second-order valence-electron chi connectivity index (χ2n) is 13.8. The molecular weight excluding hydrogens is 486 g/mol. The molecule has 3 aliphatic carbocycles. The van der Waals surface area contributed by atoms with Crippen molar-refractivity contribution in [1.29, 1.82) is 0 Å². The normalized spacial score (nSPS) is 29.8. The van der Waals surface area contributed by atoms with Gasteiger partial charge in [0.25, 0.3) is 0 Å². The second-order valence-corrected chi connectivity index (χ2v) is 13.8. The van der Waals surface area contributed by atoms with Crippen molar-refractivity contribution < 1.29 is 13.5 Å². The smallest absolute Gasteiger partial charge is 0.200 e. The van der Waals surface area contributed by atoms with E-state index in [-0.39, 0.29) is 5.75 Å². The first-order valence-electron chi connectivity index (χ1n) is 17.2. The fourth-order valence-corrected chi connectivity index (χ4v) is 8.18. The van der Waals surface area contributed by atoms with Crippen molar-refractivity contribution in [3.05, 3.63) is 29.3 Å². The maximum absolute atomic E-state index is 14.9. The number of unbranched alkanes of at least 4 members (excludes halogenated alkanes) is 4. The Hall–Kier alpha value is -1.12. The van der Waals surface area contributed by atoms with Crippen LogP contribution in [0, 0.1) is 47.1 Å². The molecule has 1 aromatic carbocycles. The van der Waals surface area contributed by atoms with Crippen LogP contribution in [0.2, 0.25) is 0 Å². The van der Waals surface area contributed by atoms with Gasteiger partial charge in [0, 0.05) is 0 Å². The minimum atomic E-state index is -0.782. The molecule has 0 aromatic heterocycles. The standard InChI is InChI=1S/C36H58F2O/c1-3-5-6-7-8-9-28-14-19-31(20-15-28)32-21-16-29(17-22-32)18-23-33-24-25-34(36(38)35(33)37)39-26-30-12-10-27(4-2)11-13-30/h24-25,27-32H,3-23,26H2,1-2H3. The topological polar surface area (TPSA) is 9.23 Å². The number of halogens is 2. The molecule has 39 heavy (non-hydrogen) atoms. The van der Waals surface area contributed by atoms with Crippen LogP contribution < -0.4 is 4.74 Å². The molecule has 0 bridgehead atoms. The number of benzene rings is 1. The Balaban J connectivity index is 1.12. The lowest BCUT2D eigenvalue weighted by Gasteiger charge is -2.38. The molecule has 0 aliphatic heterocycles. The number of aryl methyl sites for hydroxylation is 1. The van der Waals surface area contributed by atoms with Gasteiger partial charge in [-0.25, -0.2) is 4.39 Å². The van der Waals surface area contributed by atoms with Gasteiger partial charge in [0.05, 0.1) is 6.61 Å². The summed E-state index contributed by atoms with van der Waals surface area (Å²) >= 11 is 0. The molecule has 0 amide bonds. The third kappa shape index (κ3) is 9.46. The number of rotatable bonds is 14. The minimum Gasteiger partial charge on any atom is -0.490 e. The molecule has 3 aliphatic rings. The van der Waals surface area contributed by atoms with Gasteiger partial charge in [0.1, 0.15) is 0 Å². The monoisotopic (exact) mass is 544 g/mol. The minimum absolute atomic E-state index is 0.0978. The molecule has 0 saturated heterocycles. The fraction of sp³-hybridized carbons (Fsp3) is 0.833. The maximum Gasteiger partial charge on any atom is 0.200 e. The molecule has 1 nitrogen and oxygen atoms in total. The first-order valence-corrected chi connectivity index (χ1v) is 17.2. The lowest BCUT2D eigenvalue weighted by Crippen LogP contribution is -2.26. The van der Waals surface area contributed by atoms with Crippen molar-refractivity contribution in [2.75, 3.05) is 6.61 Å². The summed E-state index contributed by atoms with van der Waals surface area (Å²) in [5.41, 5.74) is 0.526. The van der Waals surface area contributed by atoms with E-state index in [2.05, 4.69) is 13.8 Å². The Morgan fingerprint density at radius 2 is 1.18 bits per heavy atom. The summed E-state index contributed by atoms with van der Waals surface area (Å²) in [5, 5.41) is 0. The average Bonchev–Trinajstić information content (AvgIpc) is 2.98. The van der Waals surface area contributed by atoms with E-state index in [0.29, 0.717) is 30.4 Å². The van der Waals surface area contributed by atoms with Crippen molar-refractivity contribution in [1.82, 2.24) is 0 Å². The predicted molar refractivity (Wildman–Crippen MR) is 160 cm³/mol. The van der Waals surface area contributed by atoms with Gasteiger partial charge in [-0.05, 0) is 98.5 Å². The van der Waals surface area contributed by atoms with E-state index in [0.717, 1.165) is 42.9 Å². The Bertz CT molecular complexity index is 814. The van der Waals surface area contributed by atoms with E-state index in [1.54, 1.807) is 12.1 Å². The Labute approximate surface area is 239 Å². The second kappa shape index (κ2) is 16.4. The van der Waals surface area contributed by atoms with Gasteiger partial charge in [-0.2, -0.15) is 4.39 Å². The van der Waals surface area contributed by atoms with E-state index in [4.69, 9.17) is 4.74 Å². The number of hydrogen-bond acceptors (Lipinski definition) is 1. The summed E-state index contributed by atoms with van der Waals surface area (Å²) in [7, 11) is 0. The van der Waals surface area contributed by atoms with Crippen LogP contribution in [0.5, 0.6) is 5.75 Å². The molecule has 222 valence electrons. The van der Waals surface area contributed by atoms with Crippen LogP contribution >= 0.6 is 0 Å². The highest BCUT2D eigenvalue weighted by molar-refractivity contribution is 5.31. The molecule has 3 fully saturated rings. The van der Waals surface area contributed by atoms with Crippen LogP contribution in [0.4, 0.5) is 8.78 Å². The highest BCUT2D eigenvalue weighted by atomic mass is 19.2. The van der Waals surface area contributed by atoms with Gasteiger partial charge in [-0.3, -0.25) is 0 Å². The van der Waals surface area contributed by atoms with Crippen LogP contribution in [0.1, 0.15) is 148 Å². The van der Waals surface area contributed by atoms with E-state index in [9.17, 15) is 8.78 Å². The lowest BCUT2D eigenvalue weighted by atomic mass is 9.68. The Morgan fingerprint density at radius 1 is 0.615 bits per heavy atom. The molecule has 0 heterocycles. The number of hydrogen-bond donors (Lipinski definition) is 0. The lowest BCUT2D eigenvalue weighted by molar-refractivity contribution is 0.140. The zero-order valence-electron chi connectivity index (χ0n) is 25.3. The molecule has 4 rings (SSSR count). The maximum atomic E-state index is 14.9. The first kappa shape index (κ1) is 30.8. The summed E-state index contributed by atoms with van der Waals surface area (Å²) in [6.07, 6.45) is 27.2. The van der Waals surface area contributed by atoms with E-state index in [1.807, 2.05) is 0 Å². The summed E-state index contributed by atoms with van der Waals surface area (Å²) in [6.45, 7) is 5.06. The Morgan fingerprint density at radius 3 is 1.79 bits per heavy atom. The van der Waals surface area contributed by atoms with Crippen molar-refractivity contribution in [2.24, 2.45) is 35.5 Å². The van der Waals surface area contributed by atoms with Crippen LogP contribution in [0.25, 0.3) is 0 Å². The molecule has 3 saturated carbocycles. The molecule has 1 aromatic rings. The highest BCUT2D eigenvalue weighted by Crippen LogP contribution is 2.43. The van der Waals surface area contributed by atoms with Crippen LogP contribution in [-0.4, -0.2) is 6.61 Å². The van der Waals surface area contributed by atoms with Crippen molar-refractivity contribution >= 4 is 0 Å². The third-order valence-electron chi connectivity index (χ3n) is 11.1. The summed E-state index contributed by atoms with van der Waals surface area (Å²) in [6, 6.07) is 3.44. The third-order valence-corrected chi connectivity index (χ3v) is 11.1. The average molecular weight is 545 g/mol. The first-order chi connectivity index (χ1) is 19.1. The van der Waals surface area contributed by atoms with Gasteiger partial charge in [0.15, 0.2) is 11.6 Å². The van der Waals surface area contributed by atoms with Gasteiger partial charge in [-0.1, -0.05) is 103 Å². The van der Waals surface area contributed by atoms with Crippen LogP contribution in [0.3, 0.4) is 0 Å². The van der Waals surface area contributed by atoms with Crippen LogP contribution in [0.15, 0.2) is 12.1 Å².